The first-order valence-electron chi connectivity index (χ1n) is 7.90. The third-order valence-corrected chi connectivity index (χ3v) is 3.86. The second-order valence-corrected chi connectivity index (χ2v) is 5.65. The molecule has 1 unspecified atom stereocenters. The fourth-order valence-corrected chi connectivity index (χ4v) is 2.69. The molecule has 0 radical (unpaired) electrons. The van der Waals surface area contributed by atoms with E-state index in [9.17, 15) is 4.79 Å². The fraction of sp³-hybridized carbons (Fsp3) is 0.333. The zero-order valence-corrected chi connectivity index (χ0v) is 14.2. The van der Waals surface area contributed by atoms with E-state index in [4.69, 9.17) is 13.7 Å². The summed E-state index contributed by atoms with van der Waals surface area (Å²) < 4.78 is 16.5. The van der Waals surface area contributed by atoms with Crippen LogP contribution >= 0.6 is 0 Å². The van der Waals surface area contributed by atoms with Crippen LogP contribution in [-0.2, 0) is 0 Å². The summed E-state index contributed by atoms with van der Waals surface area (Å²) in [6.45, 7) is 7.82. The van der Waals surface area contributed by atoms with E-state index in [0.717, 1.165) is 5.39 Å². The molecule has 1 amide bonds. The number of furan rings is 1. The molecule has 3 aromatic rings. The van der Waals surface area contributed by atoms with E-state index in [1.54, 1.807) is 13.8 Å². The SMILES string of the molecule is CCOc1cccc2cc(C(C)NC(=O)c3c(C)noc3C)oc12. The summed E-state index contributed by atoms with van der Waals surface area (Å²) in [7, 11) is 0. The van der Waals surface area contributed by atoms with E-state index < -0.39 is 0 Å². The maximum absolute atomic E-state index is 12.4. The monoisotopic (exact) mass is 328 g/mol. The molecule has 0 aliphatic heterocycles. The van der Waals surface area contributed by atoms with Crippen molar-refractivity contribution in [2.45, 2.75) is 33.7 Å². The van der Waals surface area contributed by atoms with Gasteiger partial charge in [0.15, 0.2) is 11.3 Å². The molecular formula is C18H20N2O4. The number of ether oxygens (including phenoxy) is 1. The molecule has 2 aromatic heterocycles. The van der Waals surface area contributed by atoms with Gasteiger partial charge in [-0.2, -0.15) is 0 Å². The number of para-hydroxylation sites is 1. The standard InChI is InChI=1S/C18H20N2O4/c1-5-22-14-8-6-7-13-9-15(23-17(13)14)10(2)19-18(21)16-11(3)20-24-12(16)4/h6-10H,5H2,1-4H3,(H,19,21). The third-order valence-electron chi connectivity index (χ3n) is 3.86. The molecule has 126 valence electrons. The quantitative estimate of drug-likeness (QED) is 0.768. The minimum absolute atomic E-state index is 0.232. The van der Waals surface area contributed by atoms with Gasteiger partial charge in [-0.25, -0.2) is 0 Å². The van der Waals surface area contributed by atoms with Gasteiger partial charge in [0.1, 0.15) is 17.1 Å². The van der Waals surface area contributed by atoms with Crippen LogP contribution in [0.25, 0.3) is 11.0 Å². The van der Waals surface area contributed by atoms with Crippen molar-refractivity contribution in [2.75, 3.05) is 6.61 Å². The molecule has 2 heterocycles. The van der Waals surface area contributed by atoms with Crippen LogP contribution in [0.5, 0.6) is 5.75 Å². The van der Waals surface area contributed by atoms with Crippen molar-refractivity contribution in [1.29, 1.82) is 0 Å². The summed E-state index contributed by atoms with van der Waals surface area (Å²) in [5.41, 5.74) is 1.72. The van der Waals surface area contributed by atoms with Crippen molar-refractivity contribution in [3.63, 3.8) is 0 Å². The van der Waals surface area contributed by atoms with Crippen molar-refractivity contribution >= 4 is 16.9 Å². The molecule has 0 aliphatic carbocycles. The highest BCUT2D eigenvalue weighted by molar-refractivity contribution is 5.96. The number of hydrogen-bond acceptors (Lipinski definition) is 5. The van der Waals surface area contributed by atoms with Crippen LogP contribution in [0.4, 0.5) is 0 Å². The molecule has 0 saturated heterocycles. The minimum atomic E-state index is -0.298. The van der Waals surface area contributed by atoms with Crippen LogP contribution < -0.4 is 10.1 Å². The second-order valence-electron chi connectivity index (χ2n) is 5.65. The third kappa shape index (κ3) is 2.87. The van der Waals surface area contributed by atoms with E-state index in [-0.39, 0.29) is 11.9 Å². The number of aryl methyl sites for hydroxylation is 2. The van der Waals surface area contributed by atoms with Crippen LogP contribution in [0, 0.1) is 13.8 Å². The van der Waals surface area contributed by atoms with Gasteiger partial charge in [-0.05, 0) is 39.8 Å². The molecule has 1 aromatic carbocycles. The zero-order valence-electron chi connectivity index (χ0n) is 14.2. The Kier molecular flexibility index (Phi) is 4.29. The lowest BCUT2D eigenvalue weighted by Gasteiger charge is -2.11. The number of benzene rings is 1. The molecule has 1 atom stereocenters. The first-order valence-corrected chi connectivity index (χ1v) is 7.90. The van der Waals surface area contributed by atoms with Crippen molar-refractivity contribution in [1.82, 2.24) is 10.5 Å². The predicted octanol–water partition coefficient (Wildman–Crippen LogP) is 3.93. The average molecular weight is 328 g/mol. The molecule has 0 aliphatic rings. The highest BCUT2D eigenvalue weighted by Crippen LogP contribution is 2.31. The minimum Gasteiger partial charge on any atom is -0.490 e. The lowest BCUT2D eigenvalue weighted by atomic mass is 10.1. The Morgan fingerprint density at radius 3 is 2.83 bits per heavy atom. The smallest absolute Gasteiger partial charge is 0.257 e. The van der Waals surface area contributed by atoms with Gasteiger partial charge in [-0.15, -0.1) is 0 Å². The molecule has 0 saturated carbocycles. The Labute approximate surface area is 139 Å². The number of aromatic nitrogens is 1. The van der Waals surface area contributed by atoms with Gasteiger partial charge < -0.3 is 19.0 Å². The molecule has 24 heavy (non-hydrogen) atoms. The molecule has 6 nitrogen and oxygen atoms in total. The van der Waals surface area contributed by atoms with Crippen LogP contribution in [-0.4, -0.2) is 17.7 Å². The summed E-state index contributed by atoms with van der Waals surface area (Å²) in [5.74, 6) is 1.63. The van der Waals surface area contributed by atoms with Gasteiger partial charge in [0, 0.05) is 5.39 Å². The summed E-state index contributed by atoms with van der Waals surface area (Å²) in [6, 6.07) is 7.35. The van der Waals surface area contributed by atoms with Crippen LogP contribution in [0.15, 0.2) is 33.2 Å². The van der Waals surface area contributed by atoms with Gasteiger partial charge >= 0.3 is 0 Å². The van der Waals surface area contributed by atoms with E-state index in [1.165, 1.54) is 0 Å². The lowest BCUT2D eigenvalue weighted by Crippen LogP contribution is -2.27. The number of rotatable bonds is 5. The average Bonchev–Trinajstić information content (AvgIpc) is 3.12. The Bertz CT molecular complexity index is 859. The Morgan fingerprint density at radius 1 is 1.38 bits per heavy atom. The maximum atomic E-state index is 12.4. The topological polar surface area (TPSA) is 77.5 Å². The van der Waals surface area contributed by atoms with Gasteiger partial charge in [-0.1, -0.05) is 17.3 Å². The van der Waals surface area contributed by atoms with Crippen molar-refractivity contribution in [2.24, 2.45) is 0 Å². The maximum Gasteiger partial charge on any atom is 0.257 e. The lowest BCUT2D eigenvalue weighted by molar-refractivity contribution is 0.0933. The predicted molar refractivity (Wildman–Crippen MR) is 89.2 cm³/mol. The number of nitrogens with one attached hydrogen (secondary N) is 1. The van der Waals surface area contributed by atoms with Gasteiger partial charge in [-0.3, -0.25) is 4.79 Å². The van der Waals surface area contributed by atoms with Gasteiger partial charge in [0.2, 0.25) is 0 Å². The molecule has 1 N–H and O–H groups in total. The van der Waals surface area contributed by atoms with E-state index in [2.05, 4.69) is 10.5 Å². The van der Waals surface area contributed by atoms with Crippen molar-refractivity contribution in [3.8, 4) is 5.75 Å². The Morgan fingerprint density at radius 2 is 2.17 bits per heavy atom. The number of hydrogen-bond donors (Lipinski definition) is 1. The van der Waals surface area contributed by atoms with Crippen molar-refractivity contribution < 1.29 is 18.5 Å². The summed E-state index contributed by atoms with van der Waals surface area (Å²) in [6.07, 6.45) is 0. The van der Waals surface area contributed by atoms with Crippen LogP contribution in [0.3, 0.4) is 0 Å². The van der Waals surface area contributed by atoms with Crippen LogP contribution in [0.1, 0.15) is 47.5 Å². The fourth-order valence-electron chi connectivity index (χ4n) is 2.69. The van der Waals surface area contributed by atoms with E-state index in [0.29, 0.717) is 40.7 Å². The molecule has 0 spiro atoms. The summed E-state index contributed by atoms with van der Waals surface area (Å²) in [4.78, 5) is 12.4. The van der Waals surface area contributed by atoms with E-state index >= 15 is 0 Å². The number of amides is 1. The van der Waals surface area contributed by atoms with E-state index in [1.807, 2.05) is 38.1 Å². The molecule has 0 fully saturated rings. The molecule has 3 rings (SSSR count). The van der Waals surface area contributed by atoms with Crippen LogP contribution in [0.2, 0.25) is 0 Å². The normalized spacial score (nSPS) is 12.3. The summed E-state index contributed by atoms with van der Waals surface area (Å²) >= 11 is 0. The highest BCUT2D eigenvalue weighted by atomic mass is 16.5. The second kappa shape index (κ2) is 6.39. The summed E-state index contributed by atoms with van der Waals surface area (Å²) in [5, 5.41) is 7.67. The molecule has 6 heteroatoms. The van der Waals surface area contributed by atoms with Crippen molar-refractivity contribution in [3.05, 3.63) is 47.0 Å². The largest absolute Gasteiger partial charge is 0.490 e. The first kappa shape index (κ1) is 16.1. The Balaban J connectivity index is 1.85. The molecule has 0 bridgehead atoms. The van der Waals surface area contributed by atoms with Gasteiger partial charge in [0.25, 0.3) is 5.91 Å². The van der Waals surface area contributed by atoms with Gasteiger partial charge in [0.05, 0.1) is 18.3 Å². The zero-order chi connectivity index (χ0) is 17.3. The first-order chi connectivity index (χ1) is 11.5. The number of carbonyl (C=O) groups is 1. The Hall–Kier alpha value is -2.76. The number of carbonyl (C=O) groups excluding carboxylic acids is 1. The number of fused-ring (bicyclic) bond motifs is 1. The number of nitrogens with zero attached hydrogens (tertiary/aromatic N) is 1. The molecular weight excluding hydrogens is 308 g/mol. The highest BCUT2D eigenvalue weighted by Gasteiger charge is 2.21.